The average molecular weight is 366 g/mol. The van der Waals surface area contributed by atoms with Gasteiger partial charge in [0.1, 0.15) is 17.3 Å². The number of aliphatic hydroxyl groups is 1. The second-order valence-corrected chi connectivity index (χ2v) is 7.85. The van der Waals surface area contributed by atoms with Crippen molar-refractivity contribution in [2.75, 3.05) is 6.54 Å². The van der Waals surface area contributed by atoms with E-state index in [9.17, 15) is 8.42 Å². The lowest BCUT2D eigenvalue weighted by molar-refractivity contribution is 0.245. The molecule has 0 aliphatic heterocycles. The molecule has 1 fully saturated rings. The molecule has 0 unspecified atom stereocenters. The number of aliphatic hydroxyl groups excluding tert-OH is 1. The smallest absolute Gasteiger partial charge is 0.244 e. The fourth-order valence-electron chi connectivity index (χ4n) is 2.77. The molecule has 1 aromatic rings. The highest BCUT2D eigenvalue weighted by atomic mass is 79.9. The molecule has 0 amide bonds. The fraction of sp³-hybridized carbons (Fsp3) is 0.692. The van der Waals surface area contributed by atoms with Crippen LogP contribution in [0.2, 0.25) is 0 Å². The molecule has 20 heavy (non-hydrogen) atoms. The van der Waals surface area contributed by atoms with E-state index in [0.717, 1.165) is 19.3 Å². The lowest BCUT2D eigenvalue weighted by Gasteiger charge is -2.27. The Morgan fingerprint density at radius 2 is 2.10 bits per heavy atom. The van der Waals surface area contributed by atoms with E-state index < -0.39 is 10.0 Å². The molecular formula is C13H20BrNO4S. The average Bonchev–Trinajstić information content (AvgIpc) is 3.04. The zero-order valence-electron chi connectivity index (χ0n) is 11.5. The summed E-state index contributed by atoms with van der Waals surface area (Å²) < 4.78 is 32.6. The van der Waals surface area contributed by atoms with Crippen molar-refractivity contribution < 1.29 is 17.9 Å². The molecule has 0 atom stereocenters. The molecule has 1 saturated carbocycles. The topological polar surface area (TPSA) is 79.5 Å². The van der Waals surface area contributed by atoms with Crippen LogP contribution in [0.1, 0.15) is 44.8 Å². The molecule has 2 rings (SSSR count). The minimum Gasteiger partial charge on any atom is -0.450 e. The van der Waals surface area contributed by atoms with Crippen LogP contribution in [-0.2, 0) is 16.6 Å². The summed E-state index contributed by atoms with van der Waals surface area (Å²) in [6.07, 6.45) is 5.45. The number of hydrogen-bond acceptors (Lipinski definition) is 4. The van der Waals surface area contributed by atoms with E-state index in [4.69, 9.17) is 9.52 Å². The summed E-state index contributed by atoms with van der Waals surface area (Å²) in [4.78, 5) is 0.0470. The summed E-state index contributed by atoms with van der Waals surface area (Å²) in [6, 6.07) is 1.35. The van der Waals surface area contributed by atoms with Gasteiger partial charge in [0, 0.05) is 12.6 Å². The van der Waals surface area contributed by atoms with Crippen LogP contribution in [0.15, 0.2) is 20.0 Å². The Bertz CT molecular complexity index is 561. The highest BCUT2D eigenvalue weighted by Gasteiger charge is 2.34. The third-order valence-electron chi connectivity index (χ3n) is 4.20. The number of rotatable bonds is 6. The van der Waals surface area contributed by atoms with Crippen LogP contribution >= 0.6 is 15.9 Å². The van der Waals surface area contributed by atoms with E-state index in [2.05, 4.69) is 27.6 Å². The minimum atomic E-state index is -3.62. The molecule has 0 radical (unpaired) electrons. The number of furan rings is 1. The van der Waals surface area contributed by atoms with Crippen LogP contribution in [0.5, 0.6) is 0 Å². The van der Waals surface area contributed by atoms with Gasteiger partial charge in [-0.1, -0.05) is 19.8 Å². The maximum Gasteiger partial charge on any atom is 0.244 e. The molecular weight excluding hydrogens is 346 g/mol. The summed E-state index contributed by atoms with van der Waals surface area (Å²) in [5.41, 5.74) is 0.0864. The number of hydrogen-bond donors (Lipinski definition) is 2. The summed E-state index contributed by atoms with van der Waals surface area (Å²) in [5, 5.41) is 8.99. The minimum absolute atomic E-state index is 0.0470. The Morgan fingerprint density at radius 3 is 2.60 bits per heavy atom. The van der Waals surface area contributed by atoms with E-state index in [1.54, 1.807) is 0 Å². The van der Waals surface area contributed by atoms with Crippen molar-refractivity contribution >= 4 is 26.0 Å². The molecule has 0 saturated heterocycles. The van der Waals surface area contributed by atoms with Gasteiger partial charge in [0.05, 0.1) is 0 Å². The lowest BCUT2D eigenvalue weighted by atomic mass is 9.84. The molecule has 1 aliphatic carbocycles. The standard InChI is InChI=1S/C13H20BrNO4S/c1-2-13(5-3-4-6-13)9-15-20(17,18)11-7-10(8-16)19-12(11)14/h7,15-16H,2-6,8-9H2,1H3. The molecule has 5 nitrogen and oxygen atoms in total. The molecule has 114 valence electrons. The highest BCUT2D eigenvalue weighted by molar-refractivity contribution is 9.10. The monoisotopic (exact) mass is 365 g/mol. The first-order valence-electron chi connectivity index (χ1n) is 6.81. The van der Waals surface area contributed by atoms with Gasteiger partial charge in [0.25, 0.3) is 0 Å². The van der Waals surface area contributed by atoms with E-state index in [-0.39, 0.29) is 27.3 Å². The zero-order valence-corrected chi connectivity index (χ0v) is 13.9. The quantitative estimate of drug-likeness (QED) is 0.812. The van der Waals surface area contributed by atoms with Gasteiger partial charge in [-0.3, -0.25) is 0 Å². The first-order valence-corrected chi connectivity index (χ1v) is 9.09. The van der Waals surface area contributed by atoms with Crippen molar-refractivity contribution in [1.29, 1.82) is 0 Å². The third kappa shape index (κ3) is 3.27. The van der Waals surface area contributed by atoms with E-state index in [1.165, 1.54) is 18.9 Å². The van der Waals surface area contributed by atoms with Crippen LogP contribution < -0.4 is 4.72 Å². The van der Waals surface area contributed by atoms with Crippen molar-refractivity contribution in [3.63, 3.8) is 0 Å². The first kappa shape index (κ1) is 16.0. The van der Waals surface area contributed by atoms with Gasteiger partial charge in [-0.2, -0.15) is 0 Å². The van der Waals surface area contributed by atoms with Crippen LogP contribution in [0.25, 0.3) is 0 Å². The molecule has 0 bridgehead atoms. The van der Waals surface area contributed by atoms with Gasteiger partial charge in [0.15, 0.2) is 4.67 Å². The Kier molecular flexibility index (Phi) is 4.94. The van der Waals surface area contributed by atoms with Crippen LogP contribution in [0.3, 0.4) is 0 Å². The van der Waals surface area contributed by atoms with E-state index in [0.29, 0.717) is 6.54 Å². The normalized spacial score (nSPS) is 18.6. The number of nitrogens with one attached hydrogen (secondary N) is 1. The third-order valence-corrected chi connectivity index (χ3v) is 6.46. The van der Waals surface area contributed by atoms with Crippen molar-refractivity contribution in [3.05, 3.63) is 16.5 Å². The lowest BCUT2D eigenvalue weighted by Crippen LogP contribution is -2.35. The van der Waals surface area contributed by atoms with E-state index in [1.807, 2.05) is 0 Å². The largest absolute Gasteiger partial charge is 0.450 e. The second-order valence-electron chi connectivity index (χ2n) is 5.39. The molecule has 1 aliphatic rings. The fourth-order valence-corrected chi connectivity index (χ4v) is 4.92. The van der Waals surface area contributed by atoms with E-state index >= 15 is 0 Å². The number of sulfonamides is 1. The van der Waals surface area contributed by atoms with Crippen molar-refractivity contribution in [2.45, 2.75) is 50.5 Å². The first-order chi connectivity index (χ1) is 9.42. The van der Waals surface area contributed by atoms with Crippen molar-refractivity contribution in [3.8, 4) is 0 Å². The Morgan fingerprint density at radius 1 is 1.45 bits per heavy atom. The summed E-state index contributed by atoms with van der Waals surface area (Å²) in [5.74, 6) is 0.225. The maximum absolute atomic E-state index is 12.3. The van der Waals surface area contributed by atoms with Crippen LogP contribution in [-0.4, -0.2) is 20.1 Å². The van der Waals surface area contributed by atoms with Crippen LogP contribution in [0.4, 0.5) is 0 Å². The van der Waals surface area contributed by atoms with Crippen molar-refractivity contribution in [1.82, 2.24) is 4.72 Å². The predicted molar refractivity (Wildman–Crippen MR) is 78.7 cm³/mol. The molecule has 0 aromatic carbocycles. The Hall–Kier alpha value is -0.370. The van der Waals surface area contributed by atoms with Gasteiger partial charge < -0.3 is 9.52 Å². The maximum atomic E-state index is 12.3. The zero-order chi connectivity index (χ0) is 14.8. The molecule has 1 aromatic heterocycles. The van der Waals surface area contributed by atoms with Gasteiger partial charge >= 0.3 is 0 Å². The summed E-state index contributed by atoms with van der Waals surface area (Å²) in [6.45, 7) is 2.24. The number of halogens is 1. The SMILES string of the molecule is CCC1(CNS(=O)(=O)c2cc(CO)oc2Br)CCCC1. The van der Waals surface area contributed by atoms with Gasteiger partial charge in [-0.05, 0) is 40.6 Å². The van der Waals surface area contributed by atoms with Gasteiger partial charge in [-0.25, -0.2) is 13.1 Å². The molecule has 0 spiro atoms. The molecule has 1 heterocycles. The molecule has 2 N–H and O–H groups in total. The summed E-state index contributed by atoms with van der Waals surface area (Å²) >= 11 is 3.08. The second kappa shape index (κ2) is 6.17. The predicted octanol–water partition coefficient (Wildman–Crippen LogP) is 2.78. The Balaban J connectivity index is 2.12. The Labute approximate surface area is 127 Å². The molecule has 7 heteroatoms. The van der Waals surface area contributed by atoms with Crippen LogP contribution in [0, 0.1) is 5.41 Å². The van der Waals surface area contributed by atoms with Gasteiger partial charge in [0.2, 0.25) is 10.0 Å². The summed E-state index contributed by atoms with van der Waals surface area (Å²) in [7, 11) is -3.62. The highest BCUT2D eigenvalue weighted by Crippen LogP contribution is 2.40. The van der Waals surface area contributed by atoms with Gasteiger partial charge in [-0.15, -0.1) is 0 Å². The van der Waals surface area contributed by atoms with Crippen molar-refractivity contribution in [2.24, 2.45) is 5.41 Å².